The number of ether oxygens (including phenoxy) is 1. The maximum absolute atomic E-state index is 12.9. The van der Waals surface area contributed by atoms with Gasteiger partial charge in [-0.05, 0) is 60.3 Å². The molecule has 0 spiro atoms. The van der Waals surface area contributed by atoms with E-state index in [0.717, 1.165) is 0 Å². The molecule has 0 unspecified atom stereocenters. The van der Waals surface area contributed by atoms with Crippen LogP contribution in [0, 0.1) is 0 Å². The Labute approximate surface area is 472 Å². The van der Waals surface area contributed by atoms with E-state index in [9.17, 15) is 51.9 Å². The van der Waals surface area contributed by atoms with E-state index in [1.54, 1.807) is 0 Å². The molecular weight excluding hydrogens is 1140 g/mol. The zero-order valence-corrected chi connectivity index (χ0v) is 47.2. The summed E-state index contributed by atoms with van der Waals surface area (Å²) in [6, 6.07) is 5.30. The molecule has 0 bridgehead atoms. The van der Waals surface area contributed by atoms with Crippen LogP contribution in [0.25, 0.3) is 22.6 Å². The number of nitrogens with zero attached hydrogens (tertiary/aromatic N) is 8. The predicted molar refractivity (Wildman–Crippen MR) is 251 cm³/mol. The second-order valence-corrected chi connectivity index (χ2v) is 21.4. The zero-order valence-electron chi connectivity index (χ0n) is 36.9. The average Bonchev–Trinajstić information content (AvgIpc) is 3.24. The van der Waals surface area contributed by atoms with E-state index < -0.39 is 73.3 Å². The van der Waals surface area contributed by atoms with Crippen LogP contribution in [0.3, 0.4) is 0 Å². The van der Waals surface area contributed by atoms with Gasteiger partial charge < -0.3 is 50.2 Å². The van der Waals surface area contributed by atoms with Gasteiger partial charge in [-0.1, -0.05) is 23.2 Å². The van der Waals surface area contributed by atoms with E-state index in [4.69, 9.17) is 55.6 Å². The van der Waals surface area contributed by atoms with E-state index in [1.165, 1.54) is 24.3 Å². The largest absolute Gasteiger partial charge is 1.00 e. The summed E-state index contributed by atoms with van der Waals surface area (Å²) < 4.78 is 150. The molecule has 0 atom stereocenters. The number of hydrogen-bond acceptors (Lipinski definition) is 26. The van der Waals surface area contributed by atoms with Crippen molar-refractivity contribution >= 4 is 139 Å². The average molecular weight is 1180 g/mol. The molecule has 0 amide bonds. The SMILES string of the molecule is O=S(=O)([O-])CCNc1nc(Cl)nc(NCCCN=c2ccc3nc4c(Cl)c5c(c(Cl)c4oc-3c2S(=O)(=O)O)Nc2ccc(NCCCNc3nc(Cl)nc(NCCS(=O)(=O)[O-])n3)c(S(=O)(=O)O)c2O5)n1.[Na+].[Na+]. The molecular formula is C34H32Cl4N14Na2O14S4. The summed E-state index contributed by atoms with van der Waals surface area (Å²) in [7, 11) is -19.1. The molecule has 0 radical (unpaired) electrons. The zero-order chi connectivity index (χ0) is 50.8. The number of hydrogen-bond donors (Lipinski definition) is 8. The second-order valence-electron chi connectivity index (χ2n) is 14.2. The van der Waals surface area contributed by atoms with Crippen LogP contribution in [0.1, 0.15) is 12.8 Å². The summed E-state index contributed by atoms with van der Waals surface area (Å²) in [4.78, 5) is 30.8. The minimum Gasteiger partial charge on any atom is -0.748 e. The number of aromatic nitrogens is 7. The summed E-state index contributed by atoms with van der Waals surface area (Å²) in [5, 5.41) is 15.4. The fourth-order valence-electron chi connectivity index (χ4n) is 6.34. The summed E-state index contributed by atoms with van der Waals surface area (Å²) in [5.74, 6) is -2.75. The maximum Gasteiger partial charge on any atom is 1.00 e. The first-order chi connectivity index (χ1) is 32.8. The molecule has 4 aromatic rings. The minimum absolute atomic E-state index is 0. The summed E-state index contributed by atoms with van der Waals surface area (Å²) in [5.41, 5.74) is -0.780. The van der Waals surface area contributed by atoms with Crippen molar-refractivity contribution in [3.05, 3.63) is 50.2 Å². The second kappa shape index (κ2) is 24.4. The molecule has 2 aromatic carbocycles. The molecule has 0 fully saturated rings. The molecule has 28 nitrogen and oxygen atoms in total. The number of benzene rings is 3. The summed E-state index contributed by atoms with van der Waals surface area (Å²) in [6.45, 7) is -0.166. The fourth-order valence-corrected chi connectivity index (χ4v) is 9.46. The van der Waals surface area contributed by atoms with Gasteiger partial charge in [-0.15, -0.1) is 0 Å². The third-order valence-electron chi connectivity index (χ3n) is 9.21. The Hall–Kier alpha value is -3.52. The quantitative estimate of drug-likeness (QED) is 0.0160. The number of rotatable bonds is 21. The summed E-state index contributed by atoms with van der Waals surface area (Å²) in [6.07, 6.45) is 0.524. The minimum atomic E-state index is -5.07. The van der Waals surface area contributed by atoms with Crippen LogP contribution >= 0.6 is 46.4 Å². The number of anilines is 7. The molecule has 376 valence electrons. The van der Waals surface area contributed by atoms with E-state index in [0.29, 0.717) is 6.42 Å². The van der Waals surface area contributed by atoms with Crippen molar-refractivity contribution < 1.29 is 120 Å². The van der Waals surface area contributed by atoms with Crippen molar-refractivity contribution in [1.82, 2.24) is 34.9 Å². The first kappa shape index (κ1) is 59.4. The van der Waals surface area contributed by atoms with Gasteiger partial charge in [0.2, 0.25) is 34.4 Å². The Bertz CT molecular complexity index is 3540. The van der Waals surface area contributed by atoms with Crippen LogP contribution in [0.2, 0.25) is 20.6 Å². The van der Waals surface area contributed by atoms with Gasteiger partial charge in [0.15, 0.2) is 32.6 Å². The third-order valence-corrected chi connectivity index (χ3v) is 13.5. The molecule has 2 aliphatic heterocycles. The van der Waals surface area contributed by atoms with Gasteiger partial charge in [0.1, 0.15) is 26.9 Å². The number of fused-ring (bicyclic) bond motifs is 4. The van der Waals surface area contributed by atoms with Gasteiger partial charge in [0.05, 0.1) is 48.5 Å². The molecule has 0 saturated heterocycles. The van der Waals surface area contributed by atoms with Crippen LogP contribution in [0.5, 0.6) is 11.5 Å². The number of halogens is 4. The number of nitrogens with one attached hydrogen (secondary N) is 6. The molecule has 7 rings (SSSR count). The maximum atomic E-state index is 12.9. The Morgan fingerprint density at radius 2 is 1.12 bits per heavy atom. The van der Waals surface area contributed by atoms with E-state index in [1.807, 2.05) is 0 Å². The summed E-state index contributed by atoms with van der Waals surface area (Å²) >= 11 is 25.5. The van der Waals surface area contributed by atoms with E-state index in [-0.39, 0.29) is 194 Å². The van der Waals surface area contributed by atoms with Gasteiger partial charge in [-0.25, -0.2) is 21.8 Å². The topological polar surface area (TPSA) is 420 Å². The smallest absolute Gasteiger partial charge is 0.748 e. The van der Waals surface area contributed by atoms with Crippen LogP contribution in [-0.4, -0.2) is 138 Å². The molecule has 2 aromatic heterocycles. The van der Waals surface area contributed by atoms with Crippen LogP contribution in [0.15, 0.2) is 43.5 Å². The first-order valence-electron chi connectivity index (χ1n) is 19.6. The van der Waals surface area contributed by atoms with E-state index >= 15 is 0 Å². The first-order valence-corrected chi connectivity index (χ1v) is 27.1. The Kier molecular flexibility index (Phi) is 20.1. The van der Waals surface area contributed by atoms with Crippen molar-refractivity contribution in [3.63, 3.8) is 0 Å². The fraction of sp³-hybridized carbons (Fsp3) is 0.294. The van der Waals surface area contributed by atoms with Crippen molar-refractivity contribution in [2.24, 2.45) is 4.99 Å². The van der Waals surface area contributed by atoms with Gasteiger partial charge in [0, 0.05) is 39.3 Å². The van der Waals surface area contributed by atoms with Gasteiger partial charge >= 0.3 is 69.2 Å². The molecule has 38 heteroatoms. The van der Waals surface area contributed by atoms with Gasteiger partial charge in [0.25, 0.3) is 10.1 Å². The van der Waals surface area contributed by atoms with Gasteiger partial charge in [-0.3, -0.25) is 14.1 Å². The molecule has 3 aliphatic rings. The molecule has 72 heavy (non-hydrogen) atoms. The van der Waals surface area contributed by atoms with Gasteiger partial charge in [-0.2, -0.15) is 46.7 Å². The standard InChI is InChI=1S/C34H34Cl4N14O14S4.2Na/c35-19-22-26(66-24-16(46-22)4-6-18(28(24)70(62,63)64)40-8-2-10-42-32-48-30(38)50-34(52-32)44-12-14-68(56,57)58)20(36)21-25(19)65-23-15(45-21)3-5-17(27(23)69(59,60)61)39-7-1-9-41-31-47-29(37)49-33(51-31)43-11-13-67(53,54)55;;/h3-6,39,45H,1-2,7-14H2,(H,53,54,55)(H,56,57,58)(H,59,60,61)(H,62,63,64)(H2,41,43,47,49,51)(H2,42,44,48,50,52);;/q;2*+1/p-2. The molecule has 8 N–H and O–H groups in total. The monoisotopic (exact) mass is 1170 g/mol. The van der Waals surface area contributed by atoms with Crippen molar-refractivity contribution in [3.8, 4) is 23.0 Å². The molecule has 4 heterocycles. The van der Waals surface area contributed by atoms with Crippen LogP contribution < -0.4 is 101 Å². The van der Waals surface area contributed by atoms with Crippen molar-refractivity contribution in [1.29, 1.82) is 0 Å². The normalized spacial score (nSPS) is 12.7. The third kappa shape index (κ3) is 15.3. The Morgan fingerprint density at radius 1 is 0.611 bits per heavy atom. The van der Waals surface area contributed by atoms with Crippen molar-refractivity contribution in [2.75, 3.05) is 82.7 Å². The molecule has 0 saturated carbocycles. The van der Waals surface area contributed by atoms with Crippen LogP contribution in [-0.2, 0) is 40.5 Å². The Morgan fingerprint density at radius 3 is 1.65 bits per heavy atom. The van der Waals surface area contributed by atoms with E-state index in [2.05, 4.69) is 71.8 Å². The van der Waals surface area contributed by atoms with Crippen molar-refractivity contribution in [2.45, 2.75) is 22.6 Å². The van der Waals surface area contributed by atoms with Crippen LogP contribution in [0.4, 0.5) is 40.9 Å². The molecule has 1 aliphatic carbocycles. The predicted octanol–water partition coefficient (Wildman–Crippen LogP) is -2.50. The Balaban J connectivity index is 0.00000481.